The molecule has 0 aliphatic rings. The monoisotopic (exact) mass is 187 g/mol. The molecule has 4 N–H and O–H groups in total. The zero-order valence-electron chi connectivity index (χ0n) is 7.86. The van der Waals surface area contributed by atoms with E-state index in [0.29, 0.717) is 6.42 Å². The van der Waals surface area contributed by atoms with Gasteiger partial charge in [0.1, 0.15) is 12.4 Å². The zero-order chi connectivity index (χ0) is 10.1. The quantitative estimate of drug-likeness (QED) is 0.178. The van der Waals surface area contributed by atoms with Crippen molar-refractivity contribution in [3.8, 4) is 0 Å². The van der Waals surface area contributed by atoms with Crippen LogP contribution in [-0.2, 0) is 4.79 Å². The summed E-state index contributed by atoms with van der Waals surface area (Å²) in [6.07, 6.45) is 4.85. The molecule has 0 aromatic carbocycles. The van der Waals surface area contributed by atoms with Crippen LogP contribution in [0.5, 0.6) is 0 Å². The number of nitrogens with zero attached hydrogens (tertiary/aromatic N) is 1. The molecule has 1 atom stereocenters. The molecule has 0 amide bonds. The second-order valence-electron chi connectivity index (χ2n) is 2.83. The highest BCUT2D eigenvalue weighted by Gasteiger charge is 2.14. The average molecular weight is 187 g/mol. The summed E-state index contributed by atoms with van der Waals surface area (Å²) >= 11 is 0. The number of nitrogens with two attached hydrogens (primary N) is 1. The summed E-state index contributed by atoms with van der Waals surface area (Å²) in [5.41, 5.74) is 0. The van der Waals surface area contributed by atoms with Crippen LogP contribution in [-0.4, -0.2) is 23.5 Å². The molecule has 76 valence electrons. The van der Waals surface area contributed by atoms with Crippen LogP contribution in [0.1, 0.15) is 32.6 Å². The molecule has 0 radical (unpaired) electrons. The molecule has 0 fully saturated rings. The fraction of sp³-hybridized carbons (Fsp3) is 0.750. The van der Waals surface area contributed by atoms with Crippen LogP contribution >= 0.6 is 0 Å². The Labute approximate surface area is 78.0 Å². The van der Waals surface area contributed by atoms with Crippen LogP contribution in [0.3, 0.4) is 0 Å². The van der Waals surface area contributed by atoms with Crippen molar-refractivity contribution in [1.29, 1.82) is 0 Å². The number of unbranched alkanes of at least 4 members (excludes halogenated alkanes) is 2. The van der Waals surface area contributed by atoms with Gasteiger partial charge in [-0.25, -0.2) is 4.79 Å². The lowest BCUT2D eigenvalue weighted by Crippen LogP contribution is -2.35. The number of nitrogens with one attached hydrogen (secondary N) is 1. The van der Waals surface area contributed by atoms with Crippen LogP contribution in [0.15, 0.2) is 5.10 Å². The third-order valence-corrected chi connectivity index (χ3v) is 1.74. The first kappa shape index (κ1) is 11.7. The lowest BCUT2D eigenvalue weighted by molar-refractivity contribution is -0.139. The summed E-state index contributed by atoms with van der Waals surface area (Å²) in [6.45, 7) is 2.07. The van der Waals surface area contributed by atoms with Gasteiger partial charge in [0.25, 0.3) is 0 Å². The number of aliphatic carboxylic acids is 1. The van der Waals surface area contributed by atoms with Crippen molar-refractivity contribution < 1.29 is 9.90 Å². The minimum Gasteiger partial charge on any atom is -0.480 e. The van der Waals surface area contributed by atoms with Crippen molar-refractivity contribution in [2.24, 2.45) is 10.9 Å². The molecular formula is C8H17N3O2. The Morgan fingerprint density at radius 1 is 1.69 bits per heavy atom. The van der Waals surface area contributed by atoms with Crippen molar-refractivity contribution in [3.63, 3.8) is 0 Å². The Morgan fingerprint density at radius 3 is 2.85 bits per heavy atom. The van der Waals surface area contributed by atoms with Gasteiger partial charge in [0.2, 0.25) is 0 Å². The van der Waals surface area contributed by atoms with Crippen molar-refractivity contribution >= 4 is 12.3 Å². The topological polar surface area (TPSA) is 87.7 Å². The van der Waals surface area contributed by atoms with Gasteiger partial charge in [-0.15, -0.1) is 0 Å². The van der Waals surface area contributed by atoms with E-state index in [4.69, 9.17) is 10.9 Å². The molecular weight excluding hydrogens is 170 g/mol. The summed E-state index contributed by atoms with van der Waals surface area (Å²) in [5, 5.41) is 14.5. The van der Waals surface area contributed by atoms with Gasteiger partial charge in [-0.3, -0.25) is 0 Å². The molecule has 5 nitrogen and oxygen atoms in total. The van der Waals surface area contributed by atoms with E-state index in [0.717, 1.165) is 19.3 Å². The number of hydrazone groups is 1. The summed E-state index contributed by atoms with van der Waals surface area (Å²) < 4.78 is 0. The van der Waals surface area contributed by atoms with Crippen molar-refractivity contribution in [1.82, 2.24) is 5.32 Å². The van der Waals surface area contributed by atoms with Gasteiger partial charge in [-0.2, -0.15) is 5.10 Å². The number of carboxylic acid groups (broad SMARTS) is 1. The predicted octanol–water partition coefficient (Wildman–Crippen LogP) is 0.512. The van der Waals surface area contributed by atoms with E-state index in [1.165, 1.54) is 6.34 Å². The van der Waals surface area contributed by atoms with Gasteiger partial charge >= 0.3 is 5.97 Å². The molecule has 0 rings (SSSR count). The molecule has 1 unspecified atom stereocenters. The largest absolute Gasteiger partial charge is 0.480 e. The fourth-order valence-electron chi connectivity index (χ4n) is 1.01. The van der Waals surface area contributed by atoms with Gasteiger partial charge in [0, 0.05) is 0 Å². The van der Waals surface area contributed by atoms with E-state index in [9.17, 15) is 4.79 Å². The maximum absolute atomic E-state index is 10.6. The Kier molecular flexibility index (Phi) is 6.68. The minimum atomic E-state index is -0.865. The summed E-state index contributed by atoms with van der Waals surface area (Å²) in [7, 11) is 0. The maximum Gasteiger partial charge on any atom is 0.326 e. The van der Waals surface area contributed by atoms with Crippen LogP contribution in [0.4, 0.5) is 0 Å². The number of carbonyl (C=O) groups is 1. The fourth-order valence-corrected chi connectivity index (χ4v) is 1.01. The first-order valence-corrected chi connectivity index (χ1v) is 4.43. The Morgan fingerprint density at radius 2 is 2.38 bits per heavy atom. The van der Waals surface area contributed by atoms with Crippen molar-refractivity contribution in [3.05, 3.63) is 0 Å². The Bertz CT molecular complexity index is 171. The van der Waals surface area contributed by atoms with Gasteiger partial charge in [0.05, 0.1) is 0 Å². The van der Waals surface area contributed by atoms with Crippen LogP contribution in [0, 0.1) is 0 Å². The molecule has 0 spiro atoms. The first-order chi connectivity index (χ1) is 6.22. The third kappa shape index (κ3) is 5.95. The van der Waals surface area contributed by atoms with Crippen LogP contribution in [0.25, 0.3) is 0 Å². The highest BCUT2D eigenvalue weighted by atomic mass is 16.4. The maximum atomic E-state index is 10.6. The van der Waals surface area contributed by atoms with Gasteiger partial charge in [-0.1, -0.05) is 26.2 Å². The standard InChI is InChI=1S/C8H17N3O2/c1-2-3-4-5-7(8(12)13)10-6-11-9/h6-7H,2-5,9H2,1H3,(H,10,11)(H,12,13). The minimum absolute atomic E-state index is 0.571. The highest BCUT2D eigenvalue weighted by molar-refractivity contribution is 5.76. The SMILES string of the molecule is CCCCCC(NC=NN)C(=O)O. The van der Waals surface area contributed by atoms with Crippen molar-refractivity contribution in [2.75, 3.05) is 0 Å². The van der Waals surface area contributed by atoms with Crippen LogP contribution < -0.4 is 11.2 Å². The van der Waals surface area contributed by atoms with E-state index >= 15 is 0 Å². The van der Waals surface area contributed by atoms with E-state index in [-0.39, 0.29) is 0 Å². The first-order valence-electron chi connectivity index (χ1n) is 4.43. The second kappa shape index (κ2) is 7.39. The molecule has 0 aromatic rings. The number of hydrogen-bond donors (Lipinski definition) is 3. The molecule has 0 aliphatic carbocycles. The normalized spacial score (nSPS) is 13.0. The third-order valence-electron chi connectivity index (χ3n) is 1.74. The zero-order valence-corrected chi connectivity index (χ0v) is 7.86. The smallest absolute Gasteiger partial charge is 0.326 e. The molecule has 5 heteroatoms. The lowest BCUT2D eigenvalue weighted by Gasteiger charge is -2.10. The lowest BCUT2D eigenvalue weighted by atomic mass is 10.1. The van der Waals surface area contributed by atoms with Gasteiger partial charge in [0.15, 0.2) is 0 Å². The number of carboxylic acids is 1. The summed E-state index contributed by atoms with van der Waals surface area (Å²) in [6, 6.07) is -0.571. The molecule has 0 saturated carbocycles. The van der Waals surface area contributed by atoms with Crippen LogP contribution in [0.2, 0.25) is 0 Å². The summed E-state index contributed by atoms with van der Waals surface area (Å²) in [4.78, 5) is 10.6. The van der Waals surface area contributed by atoms with E-state index < -0.39 is 12.0 Å². The average Bonchev–Trinajstić information content (AvgIpc) is 2.10. The van der Waals surface area contributed by atoms with E-state index in [1.54, 1.807) is 0 Å². The van der Waals surface area contributed by atoms with E-state index in [2.05, 4.69) is 17.3 Å². The van der Waals surface area contributed by atoms with Gasteiger partial charge in [-0.05, 0) is 6.42 Å². The molecule has 0 aliphatic heterocycles. The summed E-state index contributed by atoms with van der Waals surface area (Å²) in [5.74, 6) is 3.98. The van der Waals surface area contributed by atoms with E-state index in [1.807, 2.05) is 0 Å². The molecule has 0 aromatic heterocycles. The molecule has 0 bridgehead atoms. The highest BCUT2D eigenvalue weighted by Crippen LogP contribution is 2.02. The molecule has 13 heavy (non-hydrogen) atoms. The molecule has 0 saturated heterocycles. The number of rotatable bonds is 7. The van der Waals surface area contributed by atoms with Crippen molar-refractivity contribution in [2.45, 2.75) is 38.6 Å². The Balaban J connectivity index is 3.74. The number of hydrogen-bond acceptors (Lipinski definition) is 3. The van der Waals surface area contributed by atoms with Gasteiger partial charge < -0.3 is 16.3 Å². The predicted molar refractivity (Wildman–Crippen MR) is 51.4 cm³/mol. The Hall–Kier alpha value is -1.26. The second-order valence-corrected chi connectivity index (χ2v) is 2.83. The molecule has 0 heterocycles.